The summed E-state index contributed by atoms with van der Waals surface area (Å²) in [5.41, 5.74) is 0. The van der Waals surface area contributed by atoms with Gasteiger partial charge in [0.25, 0.3) is 0 Å². The molecule has 1 unspecified atom stereocenters. The number of ether oxygens (including phenoxy) is 2. The van der Waals surface area contributed by atoms with E-state index in [0.717, 1.165) is 89.9 Å². The molecule has 3 atom stereocenters. The van der Waals surface area contributed by atoms with Gasteiger partial charge in [0.15, 0.2) is 6.10 Å². The smallest absolute Gasteiger partial charge is 0.462 e. The van der Waals surface area contributed by atoms with E-state index in [0.29, 0.717) is 12.8 Å². The van der Waals surface area contributed by atoms with E-state index in [2.05, 4.69) is 91.3 Å². The van der Waals surface area contributed by atoms with Crippen LogP contribution in [-0.2, 0) is 32.7 Å². The summed E-state index contributed by atoms with van der Waals surface area (Å²) in [5.74, 6) is -0.983. The molecule has 53 heavy (non-hydrogen) atoms. The predicted octanol–water partition coefficient (Wildman–Crippen LogP) is 10.1. The number of hydrogen-bond acceptors (Lipinski definition) is 9. The van der Waals surface area contributed by atoms with Crippen molar-refractivity contribution in [3.63, 3.8) is 0 Å². The number of phosphoric acid groups is 1. The number of carbonyl (C=O) groups excluding carboxylic acids is 2. The van der Waals surface area contributed by atoms with E-state index < -0.39 is 51.8 Å². The highest BCUT2D eigenvalue weighted by molar-refractivity contribution is 7.47. The van der Waals surface area contributed by atoms with Crippen LogP contribution in [0.1, 0.15) is 142 Å². The molecular formula is C42H71O10P. The Morgan fingerprint density at radius 3 is 1.60 bits per heavy atom. The van der Waals surface area contributed by atoms with Crippen LogP contribution in [0.2, 0.25) is 0 Å². The average Bonchev–Trinajstić information content (AvgIpc) is 3.14. The van der Waals surface area contributed by atoms with Crippen LogP contribution < -0.4 is 0 Å². The van der Waals surface area contributed by atoms with Crippen molar-refractivity contribution < 1.29 is 47.8 Å². The van der Waals surface area contributed by atoms with Crippen LogP contribution in [0.3, 0.4) is 0 Å². The Balaban J connectivity index is 4.40. The van der Waals surface area contributed by atoms with Crippen molar-refractivity contribution >= 4 is 19.8 Å². The molecule has 0 aliphatic heterocycles. The Kier molecular flexibility index (Phi) is 35.9. The molecule has 0 rings (SSSR count). The van der Waals surface area contributed by atoms with E-state index in [-0.39, 0.29) is 19.4 Å². The van der Waals surface area contributed by atoms with E-state index in [9.17, 15) is 24.2 Å². The van der Waals surface area contributed by atoms with Crippen molar-refractivity contribution in [3.05, 3.63) is 72.9 Å². The maximum absolute atomic E-state index is 12.5. The monoisotopic (exact) mass is 766 g/mol. The van der Waals surface area contributed by atoms with Gasteiger partial charge in [-0.2, -0.15) is 0 Å². The van der Waals surface area contributed by atoms with Crippen molar-refractivity contribution in [2.75, 3.05) is 26.4 Å². The summed E-state index contributed by atoms with van der Waals surface area (Å²) in [5, 5.41) is 18.3. The van der Waals surface area contributed by atoms with Crippen LogP contribution in [-0.4, -0.2) is 65.7 Å². The SMILES string of the molecule is CC/C=C/C/C=C/C/C=C/C/C=C/C/C=C/CCCCCC(=O)OC[C@@H](COP(=O)(O)OC[C@H](O)CO)OC(=O)CCCCCCC/C=C/CCCC. The molecular weight excluding hydrogens is 695 g/mol. The van der Waals surface area contributed by atoms with Gasteiger partial charge in [0.05, 0.1) is 19.8 Å². The summed E-state index contributed by atoms with van der Waals surface area (Å²) in [4.78, 5) is 34.8. The number of allylic oxidation sites excluding steroid dienone is 12. The Labute approximate surface area is 320 Å². The van der Waals surface area contributed by atoms with Crippen LogP contribution in [0, 0.1) is 0 Å². The van der Waals surface area contributed by atoms with Gasteiger partial charge in [-0.25, -0.2) is 4.57 Å². The number of aliphatic hydroxyl groups is 2. The lowest BCUT2D eigenvalue weighted by atomic mass is 10.1. The number of unbranched alkanes of at least 4 members (excludes halogenated alkanes) is 10. The average molecular weight is 767 g/mol. The van der Waals surface area contributed by atoms with Gasteiger partial charge in [-0.1, -0.05) is 125 Å². The molecule has 0 heterocycles. The summed E-state index contributed by atoms with van der Waals surface area (Å²) in [6.07, 6.45) is 41.6. The lowest BCUT2D eigenvalue weighted by Gasteiger charge is -2.20. The number of carbonyl (C=O) groups is 2. The fourth-order valence-corrected chi connectivity index (χ4v) is 5.55. The second-order valence-corrected chi connectivity index (χ2v) is 14.4. The first kappa shape index (κ1) is 50.4. The van der Waals surface area contributed by atoms with Crippen molar-refractivity contribution in [1.82, 2.24) is 0 Å². The molecule has 0 saturated heterocycles. The van der Waals surface area contributed by atoms with Crippen LogP contribution in [0.4, 0.5) is 0 Å². The number of hydrogen-bond donors (Lipinski definition) is 3. The third-order valence-electron chi connectivity index (χ3n) is 7.84. The molecule has 0 aromatic carbocycles. The van der Waals surface area contributed by atoms with E-state index >= 15 is 0 Å². The third-order valence-corrected chi connectivity index (χ3v) is 8.80. The molecule has 0 saturated carbocycles. The molecule has 0 aliphatic rings. The van der Waals surface area contributed by atoms with Crippen molar-refractivity contribution in [3.8, 4) is 0 Å². The topological polar surface area (TPSA) is 149 Å². The molecule has 304 valence electrons. The predicted molar refractivity (Wildman–Crippen MR) is 214 cm³/mol. The van der Waals surface area contributed by atoms with E-state index in [4.69, 9.17) is 19.1 Å². The van der Waals surface area contributed by atoms with Crippen LogP contribution in [0.5, 0.6) is 0 Å². The molecule has 0 fully saturated rings. The molecule has 11 heteroatoms. The van der Waals surface area contributed by atoms with Gasteiger partial charge >= 0.3 is 19.8 Å². The number of esters is 2. The van der Waals surface area contributed by atoms with Gasteiger partial charge in [-0.15, -0.1) is 0 Å². The van der Waals surface area contributed by atoms with Gasteiger partial charge in [-0.05, 0) is 77.0 Å². The maximum atomic E-state index is 12.5. The molecule has 0 spiro atoms. The van der Waals surface area contributed by atoms with E-state index in [1.807, 2.05) is 0 Å². The van der Waals surface area contributed by atoms with Crippen LogP contribution in [0.15, 0.2) is 72.9 Å². The summed E-state index contributed by atoms with van der Waals surface area (Å²) >= 11 is 0. The van der Waals surface area contributed by atoms with E-state index in [1.165, 1.54) is 12.8 Å². The number of aliphatic hydroxyl groups excluding tert-OH is 2. The molecule has 0 bridgehead atoms. The normalized spacial score (nSPS) is 14.7. The zero-order valence-corrected chi connectivity index (χ0v) is 33.6. The summed E-state index contributed by atoms with van der Waals surface area (Å²) in [7, 11) is -4.63. The van der Waals surface area contributed by atoms with Gasteiger partial charge in [0.1, 0.15) is 12.7 Å². The highest BCUT2D eigenvalue weighted by Crippen LogP contribution is 2.43. The largest absolute Gasteiger partial charge is 0.472 e. The molecule has 10 nitrogen and oxygen atoms in total. The molecule has 0 aromatic heterocycles. The number of phosphoric ester groups is 1. The van der Waals surface area contributed by atoms with Gasteiger partial charge in [0, 0.05) is 12.8 Å². The lowest BCUT2D eigenvalue weighted by molar-refractivity contribution is -0.161. The molecule has 3 N–H and O–H groups in total. The second kappa shape index (κ2) is 37.7. The molecule has 0 aliphatic carbocycles. The highest BCUT2D eigenvalue weighted by Gasteiger charge is 2.27. The van der Waals surface area contributed by atoms with Crippen LogP contribution in [0.25, 0.3) is 0 Å². The minimum atomic E-state index is -4.63. The third kappa shape index (κ3) is 37.5. The van der Waals surface area contributed by atoms with Crippen LogP contribution >= 0.6 is 7.82 Å². The minimum Gasteiger partial charge on any atom is -0.462 e. The molecule has 0 amide bonds. The first-order valence-corrected chi connectivity index (χ1v) is 21.4. The van der Waals surface area contributed by atoms with Gasteiger partial charge < -0.3 is 24.6 Å². The summed E-state index contributed by atoms with van der Waals surface area (Å²) < 4.78 is 32.6. The fourth-order valence-electron chi connectivity index (χ4n) is 4.76. The first-order chi connectivity index (χ1) is 25.7. The Morgan fingerprint density at radius 1 is 0.585 bits per heavy atom. The summed E-state index contributed by atoms with van der Waals surface area (Å²) in [6.45, 7) is 2.14. The fraction of sp³-hybridized carbons (Fsp3) is 0.667. The zero-order chi connectivity index (χ0) is 39.1. The lowest BCUT2D eigenvalue weighted by Crippen LogP contribution is -2.29. The van der Waals surface area contributed by atoms with Gasteiger partial charge in [0.2, 0.25) is 0 Å². The molecule has 0 radical (unpaired) electrons. The van der Waals surface area contributed by atoms with E-state index in [1.54, 1.807) is 0 Å². The van der Waals surface area contributed by atoms with Crippen molar-refractivity contribution in [2.45, 2.75) is 154 Å². The molecule has 0 aromatic rings. The zero-order valence-electron chi connectivity index (χ0n) is 32.7. The van der Waals surface area contributed by atoms with Crippen molar-refractivity contribution in [2.24, 2.45) is 0 Å². The second-order valence-electron chi connectivity index (χ2n) is 12.9. The summed E-state index contributed by atoms with van der Waals surface area (Å²) in [6, 6.07) is 0. The Hall–Kier alpha value is -2.59. The maximum Gasteiger partial charge on any atom is 0.472 e. The standard InChI is InChI=1S/C42H71O10P/c1-3-5-7-9-11-13-15-16-17-18-19-20-21-22-24-25-27-29-31-33-41(45)49-37-40(38-51-53(47,48)50-36-39(44)35-43)52-42(46)34-32-30-28-26-23-14-12-10-8-6-4-2/h5,7,10-13,16-17,19-20,22,24,39-40,43-44H,3-4,6,8-9,14-15,18,21,23,25-38H2,1-2H3,(H,47,48)/b7-5+,12-10+,13-11+,17-16+,20-19+,24-22+/t39-,40+/m1/s1. The first-order valence-electron chi connectivity index (χ1n) is 19.9. The highest BCUT2D eigenvalue weighted by atomic mass is 31.2. The Morgan fingerprint density at radius 2 is 1.04 bits per heavy atom. The minimum absolute atomic E-state index is 0.162. The van der Waals surface area contributed by atoms with Crippen molar-refractivity contribution in [1.29, 1.82) is 0 Å². The number of rotatable bonds is 36. The quantitative estimate of drug-likeness (QED) is 0.0243. The Bertz CT molecular complexity index is 1110. The van der Waals surface area contributed by atoms with Gasteiger partial charge in [-0.3, -0.25) is 18.6 Å².